The van der Waals surface area contributed by atoms with E-state index in [1.807, 2.05) is 0 Å². The van der Waals surface area contributed by atoms with Crippen LogP contribution in [0.2, 0.25) is 0 Å². The maximum Gasteiger partial charge on any atom is 0.223 e. The van der Waals surface area contributed by atoms with Gasteiger partial charge in [0.25, 0.3) is 0 Å². The van der Waals surface area contributed by atoms with Crippen LogP contribution in [0.15, 0.2) is 36.9 Å². The number of carbonyl (C=O) groups is 1. The van der Waals surface area contributed by atoms with Crippen molar-refractivity contribution in [1.29, 1.82) is 0 Å². The van der Waals surface area contributed by atoms with Crippen LogP contribution in [-0.2, 0) is 11.3 Å². The molecule has 0 bridgehead atoms. The first-order valence-electron chi connectivity index (χ1n) is 6.01. The zero-order valence-electron chi connectivity index (χ0n) is 10.4. The number of amides is 1. The molecule has 0 heterocycles. The van der Waals surface area contributed by atoms with Crippen molar-refractivity contribution in [2.75, 3.05) is 13.1 Å². The minimum atomic E-state index is -0.293. The molecule has 4 heteroatoms. The van der Waals surface area contributed by atoms with Gasteiger partial charge < -0.3 is 10.6 Å². The fourth-order valence-electron chi connectivity index (χ4n) is 1.65. The van der Waals surface area contributed by atoms with Crippen LogP contribution >= 0.6 is 0 Å². The Kier molecular flexibility index (Phi) is 6.08. The first-order valence-corrected chi connectivity index (χ1v) is 6.01. The van der Waals surface area contributed by atoms with Gasteiger partial charge in [0.05, 0.1) is 0 Å². The molecule has 0 saturated carbocycles. The minimum absolute atomic E-state index is 0.0244. The molecule has 1 aromatic rings. The van der Waals surface area contributed by atoms with Crippen LogP contribution in [0.25, 0.3) is 0 Å². The van der Waals surface area contributed by atoms with Crippen LogP contribution in [0.3, 0.4) is 0 Å². The third-order valence-electron chi connectivity index (χ3n) is 2.62. The third kappa shape index (κ3) is 4.30. The van der Waals surface area contributed by atoms with Crippen LogP contribution < -0.4 is 5.73 Å². The molecule has 0 atom stereocenters. The Morgan fingerprint density at radius 3 is 2.78 bits per heavy atom. The summed E-state index contributed by atoms with van der Waals surface area (Å²) < 4.78 is 13.5. The monoisotopic (exact) mass is 250 g/mol. The molecule has 1 amide bonds. The van der Waals surface area contributed by atoms with Gasteiger partial charge in [0.1, 0.15) is 5.82 Å². The quantitative estimate of drug-likeness (QED) is 0.753. The summed E-state index contributed by atoms with van der Waals surface area (Å²) in [5, 5.41) is 0. The van der Waals surface area contributed by atoms with E-state index in [-0.39, 0.29) is 18.3 Å². The fraction of sp³-hybridized carbons (Fsp3) is 0.357. The predicted molar refractivity (Wildman–Crippen MR) is 70.3 cm³/mol. The summed E-state index contributed by atoms with van der Waals surface area (Å²) in [7, 11) is 0. The lowest BCUT2D eigenvalue weighted by atomic mass is 10.2. The van der Waals surface area contributed by atoms with Crippen LogP contribution in [-0.4, -0.2) is 23.9 Å². The molecule has 0 spiro atoms. The normalized spacial score (nSPS) is 10.1. The molecule has 1 rings (SSSR count). The van der Waals surface area contributed by atoms with Gasteiger partial charge in [-0.2, -0.15) is 0 Å². The number of benzene rings is 1. The molecule has 0 aliphatic rings. The molecule has 0 saturated heterocycles. The summed E-state index contributed by atoms with van der Waals surface area (Å²) in [6, 6.07) is 6.47. The van der Waals surface area contributed by atoms with E-state index in [0.29, 0.717) is 31.5 Å². The number of nitrogens with zero attached hydrogens (tertiary/aromatic N) is 1. The molecule has 0 aliphatic heterocycles. The van der Waals surface area contributed by atoms with Crippen molar-refractivity contribution < 1.29 is 9.18 Å². The Bertz CT molecular complexity index is 407. The number of nitrogens with two attached hydrogens (primary N) is 1. The first-order chi connectivity index (χ1) is 8.69. The highest BCUT2D eigenvalue weighted by Crippen LogP contribution is 2.11. The number of halogens is 1. The van der Waals surface area contributed by atoms with Gasteiger partial charge >= 0.3 is 0 Å². The Balaban J connectivity index is 2.71. The molecular formula is C14H19FN2O. The first kappa shape index (κ1) is 14.4. The lowest BCUT2D eigenvalue weighted by molar-refractivity contribution is -0.131. The summed E-state index contributed by atoms with van der Waals surface area (Å²) >= 11 is 0. The maximum atomic E-state index is 13.5. The van der Waals surface area contributed by atoms with Crippen molar-refractivity contribution >= 4 is 5.91 Å². The Morgan fingerprint density at radius 1 is 1.44 bits per heavy atom. The van der Waals surface area contributed by atoms with Crippen molar-refractivity contribution in [3.63, 3.8) is 0 Å². The maximum absolute atomic E-state index is 13.5. The van der Waals surface area contributed by atoms with Crippen molar-refractivity contribution in [3.05, 3.63) is 48.3 Å². The van der Waals surface area contributed by atoms with Crippen LogP contribution in [0, 0.1) is 5.82 Å². The number of hydrogen-bond acceptors (Lipinski definition) is 2. The van der Waals surface area contributed by atoms with Gasteiger partial charge in [-0.3, -0.25) is 4.79 Å². The standard InChI is InChI=1S/C14H19FN2O/c1-2-10-17(14(18)8-5-9-16)11-12-6-3-4-7-13(12)15/h2-4,6-7H,1,5,8-11,16H2. The molecule has 98 valence electrons. The zero-order valence-corrected chi connectivity index (χ0v) is 10.4. The number of rotatable bonds is 7. The fourth-order valence-corrected chi connectivity index (χ4v) is 1.65. The van der Waals surface area contributed by atoms with Gasteiger partial charge in [-0.25, -0.2) is 4.39 Å². The van der Waals surface area contributed by atoms with Gasteiger partial charge in [0, 0.05) is 25.1 Å². The average molecular weight is 250 g/mol. The molecule has 2 N–H and O–H groups in total. The summed E-state index contributed by atoms with van der Waals surface area (Å²) in [6.45, 7) is 4.77. The predicted octanol–water partition coefficient (Wildman–Crippen LogP) is 2.08. The highest BCUT2D eigenvalue weighted by Gasteiger charge is 2.13. The molecule has 0 radical (unpaired) electrons. The molecule has 0 fully saturated rings. The SMILES string of the molecule is C=CCN(Cc1ccccc1F)C(=O)CCCN. The van der Waals surface area contributed by atoms with Crippen LogP contribution in [0.1, 0.15) is 18.4 Å². The van der Waals surface area contributed by atoms with E-state index in [1.54, 1.807) is 29.2 Å². The summed E-state index contributed by atoms with van der Waals surface area (Å²) in [5.74, 6) is -0.318. The number of carbonyl (C=O) groups excluding carboxylic acids is 1. The van der Waals surface area contributed by atoms with Crippen molar-refractivity contribution in [2.24, 2.45) is 5.73 Å². The van der Waals surface area contributed by atoms with Gasteiger partial charge in [-0.1, -0.05) is 24.3 Å². The van der Waals surface area contributed by atoms with E-state index in [2.05, 4.69) is 6.58 Å². The summed E-state index contributed by atoms with van der Waals surface area (Å²) in [4.78, 5) is 13.5. The van der Waals surface area contributed by atoms with Gasteiger partial charge in [0.2, 0.25) is 5.91 Å². The van der Waals surface area contributed by atoms with Gasteiger partial charge in [0.15, 0.2) is 0 Å². The van der Waals surface area contributed by atoms with Gasteiger partial charge in [-0.05, 0) is 19.0 Å². The molecule has 3 nitrogen and oxygen atoms in total. The van der Waals surface area contributed by atoms with Crippen molar-refractivity contribution in [1.82, 2.24) is 4.90 Å². The Morgan fingerprint density at radius 2 is 2.17 bits per heavy atom. The van der Waals surface area contributed by atoms with E-state index in [0.717, 1.165) is 0 Å². The minimum Gasteiger partial charge on any atom is -0.335 e. The highest BCUT2D eigenvalue weighted by atomic mass is 19.1. The van der Waals surface area contributed by atoms with Crippen LogP contribution in [0.4, 0.5) is 4.39 Å². The molecule has 18 heavy (non-hydrogen) atoms. The largest absolute Gasteiger partial charge is 0.335 e. The van der Waals surface area contributed by atoms with Crippen molar-refractivity contribution in [3.8, 4) is 0 Å². The third-order valence-corrected chi connectivity index (χ3v) is 2.62. The summed E-state index contributed by atoms with van der Waals surface area (Å²) in [5.41, 5.74) is 5.89. The molecular weight excluding hydrogens is 231 g/mol. The zero-order chi connectivity index (χ0) is 13.4. The number of hydrogen-bond donors (Lipinski definition) is 1. The highest BCUT2D eigenvalue weighted by molar-refractivity contribution is 5.76. The molecule has 1 aromatic carbocycles. The van der Waals surface area contributed by atoms with Crippen molar-refractivity contribution in [2.45, 2.75) is 19.4 Å². The lowest BCUT2D eigenvalue weighted by Gasteiger charge is -2.21. The average Bonchev–Trinajstić information content (AvgIpc) is 2.38. The molecule has 0 aromatic heterocycles. The second-order valence-electron chi connectivity index (χ2n) is 4.05. The van der Waals surface area contributed by atoms with Crippen LogP contribution in [0.5, 0.6) is 0 Å². The second kappa shape index (κ2) is 7.61. The second-order valence-corrected chi connectivity index (χ2v) is 4.05. The molecule has 0 aliphatic carbocycles. The Hall–Kier alpha value is -1.68. The topological polar surface area (TPSA) is 46.3 Å². The van der Waals surface area contributed by atoms with E-state index in [1.165, 1.54) is 6.07 Å². The van der Waals surface area contributed by atoms with E-state index < -0.39 is 0 Å². The lowest BCUT2D eigenvalue weighted by Crippen LogP contribution is -2.31. The molecule has 0 unspecified atom stereocenters. The van der Waals surface area contributed by atoms with E-state index in [9.17, 15) is 9.18 Å². The summed E-state index contributed by atoms with van der Waals surface area (Å²) in [6.07, 6.45) is 2.67. The Labute approximate surface area is 107 Å². The van der Waals surface area contributed by atoms with E-state index in [4.69, 9.17) is 5.73 Å². The smallest absolute Gasteiger partial charge is 0.223 e. The van der Waals surface area contributed by atoms with Gasteiger partial charge in [-0.15, -0.1) is 6.58 Å². The van der Waals surface area contributed by atoms with E-state index >= 15 is 0 Å².